The summed E-state index contributed by atoms with van der Waals surface area (Å²) >= 11 is 0. The van der Waals surface area contributed by atoms with E-state index in [0.717, 1.165) is 0 Å². The SMILES string of the molecule is CCOc1cc(/C=N\NC(=O)C(N)=O)ccc1OCC(=O)N(C)C. The Kier molecular flexibility index (Phi) is 7.21. The molecule has 0 bridgehead atoms. The van der Waals surface area contributed by atoms with Crippen LogP contribution in [0.3, 0.4) is 0 Å². The molecule has 1 aromatic rings. The third-order valence-corrected chi connectivity index (χ3v) is 2.72. The van der Waals surface area contributed by atoms with Crippen LogP contribution in [0.1, 0.15) is 12.5 Å². The lowest BCUT2D eigenvalue weighted by molar-refractivity contribution is -0.137. The van der Waals surface area contributed by atoms with Crippen molar-refractivity contribution in [2.45, 2.75) is 6.92 Å². The number of nitrogens with one attached hydrogen (secondary N) is 1. The minimum Gasteiger partial charge on any atom is -0.490 e. The number of nitrogens with two attached hydrogens (primary N) is 1. The van der Waals surface area contributed by atoms with E-state index in [1.54, 1.807) is 32.3 Å². The monoisotopic (exact) mass is 336 g/mol. The molecule has 24 heavy (non-hydrogen) atoms. The highest BCUT2D eigenvalue weighted by atomic mass is 16.5. The van der Waals surface area contributed by atoms with Crippen LogP contribution in [0.15, 0.2) is 23.3 Å². The fourth-order valence-corrected chi connectivity index (χ4v) is 1.48. The Hall–Kier alpha value is -3.10. The predicted molar refractivity (Wildman–Crippen MR) is 86.7 cm³/mol. The Labute approximate surface area is 139 Å². The number of carbonyl (C=O) groups is 3. The van der Waals surface area contributed by atoms with Crippen molar-refractivity contribution in [2.24, 2.45) is 10.8 Å². The molecule has 3 N–H and O–H groups in total. The summed E-state index contributed by atoms with van der Waals surface area (Å²) in [4.78, 5) is 34.5. The second kappa shape index (κ2) is 9.13. The van der Waals surface area contributed by atoms with E-state index in [2.05, 4.69) is 5.10 Å². The van der Waals surface area contributed by atoms with Gasteiger partial charge in [-0.3, -0.25) is 14.4 Å². The molecule has 0 aliphatic heterocycles. The maximum Gasteiger partial charge on any atom is 0.329 e. The number of ether oxygens (including phenoxy) is 2. The van der Waals surface area contributed by atoms with E-state index in [4.69, 9.17) is 15.2 Å². The van der Waals surface area contributed by atoms with Crippen molar-refractivity contribution in [1.82, 2.24) is 10.3 Å². The molecular weight excluding hydrogens is 316 g/mol. The van der Waals surface area contributed by atoms with Crippen molar-refractivity contribution in [3.05, 3.63) is 23.8 Å². The molecule has 0 unspecified atom stereocenters. The number of nitrogens with zero attached hydrogens (tertiary/aromatic N) is 2. The second-order valence-corrected chi connectivity index (χ2v) is 4.78. The molecule has 9 heteroatoms. The highest BCUT2D eigenvalue weighted by Gasteiger charge is 2.10. The Morgan fingerprint density at radius 3 is 2.54 bits per heavy atom. The average molecular weight is 336 g/mol. The zero-order valence-electron chi connectivity index (χ0n) is 13.7. The van der Waals surface area contributed by atoms with Crippen LogP contribution in [0.2, 0.25) is 0 Å². The molecule has 0 aromatic heterocycles. The van der Waals surface area contributed by atoms with Crippen LogP contribution in [-0.2, 0) is 14.4 Å². The molecule has 0 spiro atoms. The van der Waals surface area contributed by atoms with Gasteiger partial charge in [0.1, 0.15) is 0 Å². The van der Waals surface area contributed by atoms with E-state index >= 15 is 0 Å². The van der Waals surface area contributed by atoms with Gasteiger partial charge in [0.05, 0.1) is 12.8 Å². The third kappa shape index (κ3) is 5.95. The minimum atomic E-state index is -1.13. The van der Waals surface area contributed by atoms with Crippen molar-refractivity contribution in [3.63, 3.8) is 0 Å². The van der Waals surface area contributed by atoms with Crippen molar-refractivity contribution in [3.8, 4) is 11.5 Å². The standard InChI is InChI=1S/C15H20N4O5/c1-4-23-12-7-10(8-17-18-15(22)14(16)21)5-6-11(12)24-9-13(20)19(2)3/h5-8H,4,9H2,1-3H3,(H2,16,21)(H,18,22)/b17-8-. The molecule has 0 heterocycles. The lowest BCUT2D eigenvalue weighted by Gasteiger charge is -2.14. The van der Waals surface area contributed by atoms with Crippen molar-refractivity contribution in [1.29, 1.82) is 0 Å². The first-order valence-corrected chi connectivity index (χ1v) is 7.07. The number of benzene rings is 1. The van der Waals surface area contributed by atoms with Crippen molar-refractivity contribution < 1.29 is 23.9 Å². The van der Waals surface area contributed by atoms with E-state index < -0.39 is 11.8 Å². The van der Waals surface area contributed by atoms with E-state index in [1.165, 1.54) is 11.1 Å². The van der Waals surface area contributed by atoms with Gasteiger partial charge in [-0.25, -0.2) is 5.43 Å². The molecule has 1 aromatic carbocycles. The first-order chi connectivity index (χ1) is 11.3. The zero-order valence-corrected chi connectivity index (χ0v) is 13.7. The summed E-state index contributed by atoms with van der Waals surface area (Å²) in [5.41, 5.74) is 7.36. The van der Waals surface area contributed by atoms with Gasteiger partial charge in [0, 0.05) is 14.1 Å². The van der Waals surface area contributed by atoms with Gasteiger partial charge >= 0.3 is 11.8 Å². The molecule has 130 valence electrons. The Morgan fingerprint density at radius 2 is 1.96 bits per heavy atom. The quantitative estimate of drug-likeness (QED) is 0.394. The largest absolute Gasteiger partial charge is 0.490 e. The highest BCUT2D eigenvalue weighted by molar-refractivity contribution is 6.34. The lowest BCUT2D eigenvalue weighted by Crippen LogP contribution is -2.32. The third-order valence-electron chi connectivity index (χ3n) is 2.72. The molecular formula is C15H20N4O5. The van der Waals surface area contributed by atoms with E-state index in [0.29, 0.717) is 23.7 Å². The second-order valence-electron chi connectivity index (χ2n) is 4.78. The molecule has 0 aliphatic carbocycles. The topological polar surface area (TPSA) is 123 Å². The first kappa shape index (κ1) is 18.9. The van der Waals surface area contributed by atoms with E-state index in [-0.39, 0.29) is 12.5 Å². The van der Waals surface area contributed by atoms with Crippen molar-refractivity contribution >= 4 is 23.9 Å². The summed E-state index contributed by atoms with van der Waals surface area (Å²) in [5, 5.41) is 3.61. The number of hydrogen-bond acceptors (Lipinski definition) is 6. The van der Waals surface area contributed by atoms with Crippen LogP contribution in [0, 0.1) is 0 Å². The number of rotatable bonds is 7. The zero-order chi connectivity index (χ0) is 18.1. The lowest BCUT2D eigenvalue weighted by atomic mass is 10.2. The van der Waals surface area contributed by atoms with Crippen LogP contribution in [-0.4, -0.2) is 56.1 Å². The number of primary amides is 1. The molecule has 3 amide bonds. The molecule has 1 rings (SSSR count). The van der Waals surface area contributed by atoms with Gasteiger partial charge in [-0.05, 0) is 30.7 Å². The van der Waals surface area contributed by atoms with Gasteiger partial charge in [0.15, 0.2) is 18.1 Å². The van der Waals surface area contributed by atoms with Gasteiger partial charge < -0.3 is 20.1 Å². The molecule has 9 nitrogen and oxygen atoms in total. The number of carbonyl (C=O) groups excluding carboxylic acids is 3. The van der Waals surface area contributed by atoms with Gasteiger partial charge in [-0.2, -0.15) is 5.10 Å². The maximum atomic E-state index is 11.6. The van der Waals surface area contributed by atoms with Crippen LogP contribution in [0.4, 0.5) is 0 Å². The fourth-order valence-electron chi connectivity index (χ4n) is 1.48. The van der Waals surface area contributed by atoms with Gasteiger partial charge in [0.25, 0.3) is 5.91 Å². The summed E-state index contributed by atoms with van der Waals surface area (Å²) in [5.74, 6) is -1.49. The number of hydrogen-bond donors (Lipinski definition) is 2. The molecule has 0 aliphatic rings. The number of hydrazone groups is 1. The predicted octanol–water partition coefficient (Wildman–Crippen LogP) is -0.512. The number of amides is 3. The van der Waals surface area contributed by atoms with Gasteiger partial charge in [-0.1, -0.05) is 0 Å². The highest BCUT2D eigenvalue weighted by Crippen LogP contribution is 2.28. The smallest absolute Gasteiger partial charge is 0.329 e. The number of likely N-dealkylation sites (N-methyl/N-ethyl adjacent to an activating group) is 1. The van der Waals surface area contributed by atoms with Crippen LogP contribution < -0.4 is 20.6 Å². The summed E-state index contributed by atoms with van der Waals surface area (Å²) in [7, 11) is 3.27. The summed E-state index contributed by atoms with van der Waals surface area (Å²) in [6.45, 7) is 2.09. The van der Waals surface area contributed by atoms with Gasteiger partial charge in [0.2, 0.25) is 0 Å². The fraction of sp³-hybridized carbons (Fsp3) is 0.333. The molecule has 0 radical (unpaired) electrons. The van der Waals surface area contributed by atoms with Crippen LogP contribution in [0.5, 0.6) is 11.5 Å². The Balaban J connectivity index is 2.82. The first-order valence-electron chi connectivity index (χ1n) is 7.07. The van der Waals surface area contributed by atoms with E-state index in [9.17, 15) is 14.4 Å². The van der Waals surface area contributed by atoms with Crippen molar-refractivity contribution in [2.75, 3.05) is 27.3 Å². The Bertz CT molecular complexity index is 643. The molecule has 0 atom stereocenters. The molecule has 0 saturated carbocycles. The summed E-state index contributed by atoms with van der Waals surface area (Å²) in [6.07, 6.45) is 1.32. The maximum absolute atomic E-state index is 11.6. The minimum absolute atomic E-state index is 0.116. The van der Waals surface area contributed by atoms with Crippen LogP contribution in [0.25, 0.3) is 0 Å². The molecule has 0 fully saturated rings. The van der Waals surface area contributed by atoms with E-state index in [1.807, 2.05) is 12.3 Å². The summed E-state index contributed by atoms with van der Waals surface area (Å²) in [6, 6.07) is 4.89. The normalized spacial score (nSPS) is 10.3. The molecule has 0 saturated heterocycles. The average Bonchev–Trinajstić information content (AvgIpc) is 2.53. The van der Waals surface area contributed by atoms with Crippen LogP contribution >= 0.6 is 0 Å². The van der Waals surface area contributed by atoms with Gasteiger partial charge in [-0.15, -0.1) is 0 Å². The summed E-state index contributed by atoms with van der Waals surface area (Å²) < 4.78 is 10.9. The Morgan fingerprint density at radius 1 is 1.25 bits per heavy atom.